The molecule has 0 radical (unpaired) electrons. The van der Waals surface area contributed by atoms with Gasteiger partial charge >= 0.3 is 7.60 Å². The van der Waals surface area contributed by atoms with Gasteiger partial charge < -0.3 is 14.4 Å². The maximum absolute atomic E-state index is 13.7. The minimum Gasteiger partial charge on any atom is -0.324 e. The number of para-hydroxylation sites is 2. The molecule has 36 heavy (non-hydrogen) atoms. The van der Waals surface area contributed by atoms with Gasteiger partial charge in [0.2, 0.25) is 0 Å². The zero-order valence-corrected chi connectivity index (χ0v) is 21.8. The van der Waals surface area contributed by atoms with Crippen molar-refractivity contribution >= 4 is 18.6 Å². The van der Waals surface area contributed by atoms with Crippen molar-refractivity contribution in [3.63, 3.8) is 0 Å². The summed E-state index contributed by atoms with van der Waals surface area (Å²) in [6.07, 6.45) is 12.5. The van der Waals surface area contributed by atoms with Gasteiger partial charge in [-0.15, -0.1) is 0 Å². The van der Waals surface area contributed by atoms with Crippen molar-refractivity contribution in [3.8, 4) is 0 Å². The highest BCUT2D eigenvalue weighted by molar-refractivity contribution is 7.51. The Kier molecular flexibility index (Phi) is 5.74. The number of nitrogens with zero attached hydrogens (tertiary/aromatic N) is 3. The van der Waals surface area contributed by atoms with Crippen molar-refractivity contribution < 1.29 is 14.4 Å². The molecule has 3 aliphatic carbocycles. The lowest BCUT2D eigenvalue weighted by Crippen LogP contribution is -2.58. The maximum atomic E-state index is 13.7. The Morgan fingerprint density at radius 2 is 1.64 bits per heavy atom. The summed E-state index contributed by atoms with van der Waals surface area (Å²) in [4.78, 5) is 40.0. The summed E-state index contributed by atoms with van der Waals surface area (Å²) < 4.78 is 13.5. The molecular formula is C28H38N3O4P. The molecule has 1 aromatic carbocycles. The molecule has 5 fully saturated rings. The van der Waals surface area contributed by atoms with Gasteiger partial charge in [-0.05, 0) is 93.6 Å². The van der Waals surface area contributed by atoms with Crippen LogP contribution in [-0.4, -0.2) is 48.5 Å². The predicted molar refractivity (Wildman–Crippen MR) is 139 cm³/mol. The molecule has 2 N–H and O–H groups in total. The van der Waals surface area contributed by atoms with Crippen molar-refractivity contribution in [2.75, 3.05) is 6.16 Å². The van der Waals surface area contributed by atoms with Crippen LogP contribution in [0.25, 0.3) is 11.0 Å². The van der Waals surface area contributed by atoms with Crippen molar-refractivity contribution in [2.45, 2.75) is 94.8 Å². The third-order valence-electron chi connectivity index (χ3n) is 10.5. The molecular weight excluding hydrogens is 473 g/mol. The summed E-state index contributed by atoms with van der Waals surface area (Å²) >= 11 is 0. The molecule has 5 aliphatic rings. The first kappa shape index (κ1) is 23.6. The molecule has 0 spiro atoms. The second-order valence-electron chi connectivity index (χ2n) is 12.6. The van der Waals surface area contributed by atoms with E-state index in [1.807, 2.05) is 28.8 Å². The van der Waals surface area contributed by atoms with E-state index in [9.17, 15) is 19.1 Å². The molecule has 194 valence electrons. The largest absolute Gasteiger partial charge is 0.325 e. The molecule has 7 rings (SSSR count). The normalized spacial score (nSPS) is 38.1. The Labute approximate surface area is 212 Å². The highest BCUT2D eigenvalue weighted by Crippen LogP contribution is 2.59. The topological polar surface area (TPSA) is 95.7 Å². The lowest BCUT2D eigenvalue weighted by molar-refractivity contribution is -0.0437. The second-order valence-corrected chi connectivity index (χ2v) is 14.3. The lowest BCUT2D eigenvalue weighted by atomic mass is 9.64. The van der Waals surface area contributed by atoms with Gasteiger partial charge in [-0.25, -0.2) is 4.98 Å². The van der Waals surface area contributed by atoms with E-state index in [1.165, 1.54) is 51.4 Å². The van der Waals surface area contributed by atoms with Gasteiger partial charge in [0.1, 0.15) is 5.69 Å². The van der Waals surface area contributed by atoms with Crippen LogP contribution in [-0.2, 0) is 11.0 Å². The van der Waals surface area contributed by atoms with E-state index in [0.717, 1.165) is 47.5 Å². The fourth-order valence-corrected chi connectivity index (χ4v) is 9.71. The molecule has 4 bridgehead atoms. The predicted octanol–water partition coefficient (Wildman–Crippen LogP) is 4.50. The zero-order chi connectivity index (χ0) is 24.6. The van der Waals surface area contributed by atoms with Crippen molar-refractivity contribution in [1.82, 2.24) is 14.5 Å². The first-order chi connectivity index (χ1) is 17.3. The van der Waals surface area contributed by atoms with E-state index in [-0.39, 0.29) is 29.9 Å². The average molecular weight is 512 g/mol. The highest BCUT2D eigenvalue weighted by Gasteiger charge is 2.53. The van der Waals surface area contributed by atoms with Crippen LogP contribution in [0.15, 0.2) is 29.1 Å². The number of aryl methyl sites for hydroxylation is 1. The Balaban J connectivity index is 1.20. The third kappa shape index (κ3) is 4.02. The Morgan fingerprint density at radius 1 is 0.889 bits per heavy atom. The molecule has 3 saturated carbocycles. The van der Waals surface area contributed by atoms with Gasteiger partial charge in [0.15, 0.2) is 0 Å². The zero-order valence-electron chi connectivity index (χ0n) is 20.9. The number of benzene rings is 1. The number of hydrogen-bond donors (Lipinski definition) is 2. The summed E-state index contributed by atoms with van der Waals surface area (Å²) in [6, 6.07) is 9.64. The summed E-state index contributed by atoms with van der Waals surface area (Å²) in [7, 11) is -4.20. The van der Waals surface area contributed by atoms with Crippen molar-refractivity contribution in [2.24, 2.45) is 23.7 Å². The molecule has 7 unspecified atom stereocenters. The van der Waals surface area contributed by atoms with Crippen LogP contribution in [0.4, 0.5) is 0 Å². The first-order valence-electron chi connectivity index (χ1n) is 14.2. The van der Waals surface area contributed by atoms with Gasteiger partial charge in [0.25, 0.3) is 5.56 Å². The van der Waals surface area contributed by atoms with Crippen molar-refractivity contribution in [1.29, 1.82) is 0 Å². The fraction of sp³-hybridized carbons (Fsp3) is 0.714. The monoisotopic (exact) mass is 511 g/mol. The summed E-state index contributed by atoms with van der Waals surface area (Å²) in [5.41, 5.74) is 1.71. The number of rotatable bonds is 5. The molecule has 8 heteroatoms. The molecule has 7 nitrogen and oxygen atoms in total. The van der Waals surface area contributed by atoms with Crippen molar-refractivity contribution in [3.05, 3.63) is 40.3 Å². The van der Waals surface area contributed by atoms with Crippen LogP contribution < -0.4 is 5.56 Å². The van der Waals surface area contributed by atoms with Crippen LogP contribution in [0.5, 0.6) is 0 Å². The second kappa shape index (κ2) is 8.76. The Bertz CT molecular complexity index is 1260. The van der Waals surface area contributed by atoms with Crippen LogP contribution in [0, 0.1) is 23.7 Å². The van der Waals surface area contributed by atoms with E-state index in [4.69, 9.17) is 0 Å². The third-order valence-corrected chi connectivity index (χ3v) is 11.3. The molecule has 3 heterocycles. The van der Waals surface area contributed by atoms with E-state index in [2.05, 4.69) is 9.88 Å². The standard InChI is InChI=1S/C28H38N3O4P/c32-28-26(8-9-36(33,34)35)29-25-6-1-2-7-27(25)31(28)23-15-20-4-3-5-21(16-23)30(20)22-11-17-10-18-13-19(14-22)24(18)12-17/h1-2,6-7,17-24H,3-5,8-16H2,(H2,33,34,35). The van der Waals surface area contributed by atoms with E-state index >= 15 is 0 Å². The van der Waals surface area contributed by atoms with Gasteiger partial charge in [-0.3, -0.25) is 14.3 Å². The summed E-state index contributed by atoms with van der Waals surface area (Å²) in [5.74, 6) is 3.94. The highest BCUT2D eigenvalue weighted by atomic mass is 31.2. The van der Waals surface area contributed by atoms with Crippen LogP contribution >= 0.6 is 7.60 Å². The molecule has 7 atom stereocenters. The van der Waals surface area contributed by atoms with Gasteiger partial charge in [0.05, 0.1) is 17.2 Å². The van der Waals surface area contributed by atoms with Gasteiger partial charge in [0, 0.05) is 30.6 Å². The van der Waals surface area contributed by atoms with E-state index in [0.29, 0.717) is 18.1 Å². The van der Waals surface area contributed by atoms with Gasteiger partial charge in [-0.2, -0.15) is 0 Å². The Hall–Kier alpha value is -1.53. The number of aromatic nitrogens is 2. The summed E-state index contributed by atoms with van der Waals surface area (Å²) in [6.45, 7) is 0. The van der Waals surface area contributed by atoms with Crippen LogP contribution in [0.2, 0.25) is 0 Å². The molecule has 2 aromatic rings. The maximum Gasteiger partial charge on any atom is 0.325 e. The summed E-state index contributed by atoms with van der Waals surface area (Å²) in [5, 5.41) is 0. The average Bonchev–Trinajstić information content (AvgIpc) is 3.05. The Morgan fingerprint density at radius 3 is 2.42 bits per heavy atom. The van der Waals surface area contributed by atoms with Crippen LogP contribution in [0.3, 0.4) is 0 Å². The van der Waals surface area contributed by atoms with Gasteiger partial charge in [-0.1, -0.05) is 18.6 Å². The minimum atomic E-state index is -4.20. The molecule has 1 aromatic heterocycles. The first-order valence-corrected chi connectivity index (χ1v) is 16.0. The molecule has 2 saturated heterocycles. The quantitative estimate of drug-likeness (QED) is 0.574. The van der Waals surface area contributed by atoms with Crippen LogP contribution in [0.1, 0.15) is 75.9 Å². The SMILES string of the molecule is O=c1c(CCP(=O)(O)O)nc2ccccc2n1C1CC2CCCC(C1)N2C1CC2CC3CC(C1)C3C2. The fourth-order valence-electron chi connectivity index (χ4n) is 9.21. The molecule has 2 aliphatic heterocycles. The van der Waals surface area contributed by atoms with E-state index < -0.39 is 7.60 Å². The number of piperidine rings is 2. The smallest absolute Gasteiger partial charge is 0.324 e. The minimum absolute atomic E-state index is 0.00661. The molecule has 0 amide bonds. The number of hydrogen-bond acceptors (Lipinski definition) is 4. The number of fused-ring (bicyclic) bond motifs is 4. The van der Waals surface area contributed by atoms with E-state index in [1.54, 1.807) is 0 Å². The lowest BCUT2D eigenvalue weighted by Gasteiger charge is -2.54.